The van der Waals surface area contributed by atoms with Crippen molar-refractivity contribution in [3.05, 3.63) is 42.0 Å². The number of amides is 1. The van der Waals surface area contributed by atoms with Gasteiger partial charge in [0.05, 0.1) is 30.2 Å². The first-order valence-corrected chi connectivity index (χ1v) is 7.42. The number of hydrogen-bond donors (Lipinski definition) is 2. The molecule has 0 saturated heterocycles. The van der Waals surface area contributed by atoms with Crippen molar-refractivity contribution in [3.63, 3.8) is 0 Å². The van der Waals surface area contributed by atoms with Gasteiger partial charge in [0.15, 0.2) is 0 Å². The number of fused-ring (bicyclic) bond motifs is 2. The van der Waals surface area contributed by atoms with Gasteiger partial charge in [-0.05, 0) is 30.4 Å². The molecule has 4 atom stereocenters. The number of nitrogens with one attached hydrogen (secondary N) is 1. The molecule has 6 heteroatoms. The van der Waals surface area contributed by atoms with Gasteiger partial charge in [-0.3, -0.25) is 9.59 Å². The zero-order chi connectivity index (χ0) is 16.6. The molecule has 120 valence electrons. The Kier molecular flexibility index (Phi) is 3.90. The minimum Gasteiger partial charge on any atom is -0.481 e. The van der Waals surface area contributed by atoms with Crippen molar-refractivity contribution in [1.82, 2.24) is 0 Å². The average molecular weight is 315 g/mol. The summed E-state index contributed by atoms with van der Waals surface area (Å²) in [7, 11) is 1.27. The molecule has 3 rings (SSSR count). The van der Waals surface area contributed by atoms with Gasteiger partial charge in [0.25, 0.3) is 0 Å². The fraction of sp³-hybridized carbons (Fsp3) is 0.353. The first-order chi connectivity index (χ1) is 11.0. The minimum absolute atomic E-state index is 0.0635. The highest BCUT2D eigenvalue weighted by atomic mass is 16.5. The molecule has 2 N–H and O–H groups in total. The largest absolute Gasteiger partial charge is 0.481 e. The molecule has 0 radical (unpaired) electrons. The summed E-state index contributed by atoms with van der Waals surface area (Å²) in [5, 5.41) is 12.1. The Morgan fingerprint density at radius 2 is 1.78 bits per heavy atom. The second kappa shape index (κ2) is 5.87. The molecule has 1 amide bonds. The standard InChI is InChI=1S/C17H17NO5/c1-23-17(22)11-4-2-3-5-12(11)18-15(19)13-9-6-7-10(8-9)14(13)16(20)21/h2-7,9-10,13-14H,8H2,1H3,(H,18,19)(H,20,21)/t9-,10+,13-,14+/m1/s1. The SMILES string of the molecule is COC(=O)c1ccccc1NC(=O)[C@H]1[C@@H](C(=O)O)[C@H]2C=C[C@@H]1C2. The third kappa shape index (κ3) is 2.60. The Morgan fingerprint density at radius 3 is 2.43 bits per heavy atom. The predicted molar refractivity (Wildman–Crippen MR) is 81.8 cm³/mol. The van der Waals surface area contributed by atoms with Gasteiger partial charge < -0.3 is 15.2 Å². The summed E-state index contributed by atoms with van der Waals surface area (Å²) in [6.45, 7) is 0. The Balaban J connectivity index is 1.84. The van der Waals surface area contributed by atoms with Gasteiger partial charge in [0, 0.05) is 0 Å². The molecule has 0 heterocycles. The topological polar surface area (TPSA) is 92.7 Å². The monoisotopic (exact) mass is 315 g/mol. The molecule has 0 aromatic heterocycles. The van der Waals surface area contributed by atoms with Crippen LogP contribution in [0.1, 0.15) is 16.8 Å². The molecule has 1 saturated carbocycles. The number of esters is 1. The zero-order valence-corrected chi connectivity index (χ0v) is 12.6. The van der Waals surface area contributed by atoms with Crippen LogP contribution >= 0.6 is 0 Å². The third-order valence-corrected chi connectivity index (χ3v) is 4.64. The summed E-state index contributed by atoms with van der Waals surface area (Å²) in [5.74, 6) is -3.36. The smallest absolute Gasteiger partial charge is 0.339 e. The maximum atomic E-state index is 12.6. The van der Waals surface area contributed by atoms with E-state index in [-0.39, 0.29) is 23.3 Å². The van der Waals surface area contributed by atoms with Crippen molar-refractivity contribution in [2.24, 2.45) is 23.7 Å². The lowest BCUT2D eigenvalue weighted by Crippen LogP contribution is -2.36. The van der Waals surface area contributed by atoms with Crippen molar-refractivity contribution in [3.8, 4) is 0 Å². The molecule has 0 aliphatic heterocycles. The molecule has 23 heavy (non-hydrogen) atoms. The molecule has 2 aliphatic rings. The Hall–Kier alpha value is -2.63. The number of aliphatic carboxylic acids is 1. The van der Waals surface area contributed by atoms with Crippen LogP contribution < -0.4 is 5.32 Å². The van der Waals surface area contributed by atoms with Crippen LogP contribution in [0.5, 0.6) is 0 Å². The highest BCUT2D eigenvalue weighted by Crippen LogP contribution is 2.48. The fourth-order valence-corrected chi connectivity index (χ4v) is 3.61. The van der Waals surface area contributed by atoms with E-state index in [9.17, 15) is 19.5 Å². The van der Waals surface area contributed by atoms with Crippen LogP contribution in [0.15, 0.2) is 36.4 Å². The van der Waals surface area contributed by atoms with Crippen molar-refractivity contribution >= 4 is 23.5 Å². The van der Waals surface area contributed by atoms with Gasteiger partial charge in [0.1, 0.15) is 0 Å². The normalized spacial score (nSPS) is 27.7. The Morgan fingerprint density at radius 1 is 1.13 bits per heavy atom. The van der Waals surface area contributed by atoms with E-state index in [4.69, 9.17) is 4.74 Å². The van der Waals surface area contributed by atoms with E-state index in [1.807, 2.05) is 12.2 Å². The maximum absolute atomic E-state index is 12.6. The highest BCUT2D eigenvalue weighted by molar-refractivity contribution is 6.03. The molecule has 1 fully saturated rings. The average Bonchev–Trinajstić information content (AvgIpc) is 3.15. The number of carboxylic acids is 1. The van der Waals surface area contributed by atoms with Gasteiger partial charge >= 0.3 is 11.9 Å². The minimum atomic E-state index is -0.955. The Labute approximate surface area is 133 Å². The number of allylic oxidation sites excluding steroid dienone is 2. The summed E-state index contributed by atoms with van der Waals surface area (Å²) in [4.78, 5) is 35.9. The lowest BCUT2D eigenvalue weighted by molar-refractivity contribution is -0.146. The first kappa shape index (κ1) is 15.3. The summed E-state index contributed by atoms with van der Waals surface area (Å²) in [5.41, 5.74) is 0.578. The lowest BCUT2D eigenvalue weighted by atomic mass is 9.82. The number of carbonyl (C=O) groups excluding carboxylic acids is 2. The van der Waals surface area contributed by atoms with Crippen LogP contribution in [-0.4, -0.2) is 30.1 Å². The molecule has 1 aromatic rings. The first-order valence-electron chi connectivity index (χ1n) is 7.42. The number of benzene rings is 1. The number of para-hydroxylation sites is 1. The number of carboxylic acid groups (broad SMARTS) is 1. The van der Waals surface area contributed by atoms with E-state index in [2.05, 4.69) is 5.32 Å². The van der Waals surface area contributed by atoms with Crippen molar-refractivity contribution in [1.29, 1.82) is 0 Å². The van der Waals surface area contributed by atoms with Crippen molar-refractivity contribution < 1.29 is 24.2 Å². The van der Waals surface area contributed by atoms with Gasteiger partial charge in [0.2, 0.25) is 5.91 Å². The molecule has 6 nitrogen and oxygen atoms in total. The van der Waals surface area contributed by atoms with Gasteiger partial charge in [-0.15, -0.1) is 0 Å². The summed E-state index contributed by atoms with van der Waals surface area (Å²) in [6.07, 6.45) is 4.49. The summed E-state index contributed by atoms with van der Waals surface area (Å²) < 4.78 is 4.70. The van der Waals surface area contributed by atoms with E-state index in [0.717, 1.165) is 0 Å². The van der Waals surface area contributed by atoms with Crippen LogP contribution in [0.25, 0.3) is 0 Å². The van der Waals surface area contributed by atoms with E-state index in [0.29, 0.717) is 12.1 Å². The molecule has 1 aromatic carbocycles. The van der Waals surface area contributed by atoms with Crippen LogP contribution in [0, 0.1) is 23.7 Å². The van der Waals surface area contributed by atoms with Gasteiger partial charge in [-0.25, -0.2) is 4.79 Å². The van der Waals surface area contributed by atoms with E-state index >= 15 is 0 Å². The highest BCUT2D eigenvalue weighted by Gasteiger charge is 2.51. The number of carbonyl (C=O) groups is 3. The second-order valence-electron chi connectivity index (χ2n) is 5.86. The second-order valence-corrected chi connectivity index (χ2v) is 5.86. The molecule has 0 unspecified atom stereocenters. The predicted octanol–water partition coefficient (Wildman–Crippen LogP) is 1.93. The number of rotatable bonds is 4. The van der Waals surface area contributed by atoms with Crippen molar-refractivity contribution in [2.45, 2.75) is 6.42 Å². The molecule has 0 spiro atoms. The van der Waals surface area contributed by atoms with Crippen LogP contribution in [-0.2, 0) is 14.3 Å². The van der Waals surface area contributed by atoms with Crippen LogP contribution in [0.3, 0.4) is 0 Å². The quantitative estimate of drug-likeness (QED) is 0.654. The van der Waals surface area contributed by atoms with E-state index in [1.165, 1.54) is 7.11 Å². The lowest BCUT2D eigenvalue weighted by Gasteiger charge is -2.24. The third-order valence-electron chi connectivity index (χ3n) is 4.64. The van der Waals surface area contributed by atoms with Crippen molar-refractivity contribution in [2.75, 3.05) is 12.4 Å². The fourth-order valence-electron chi connectivity index (χ4n) is 3.61. The maximum Gasteiger partial charge on any atom is 0.339 e. The number of ether oxygens (including phenoxy) is 1. The molecular formula is C17H17NO5. The number of methoxy groups -OCH3 is 1. The molecule has 2 bridgehead atoms. The summed E-state index contributed by atoms with van der Waals surface area (Å²) >= 11 is 0. The number of anilines is 1. The zero-order valence-electron chi connectivity index (χ0n) is 12.6. The molecule has 2 aliphatic carbocycles. The van der Waals surface area contributed by atoms with Gasteiger partial charge in [-0.1, -0.05) is 24.3 Å². The van der Waals surface area contributed by atoms with Crippen LogP contribution in [0.4, 0.5) is 5.69 Å². The Bertz CT molecular complexity index is 696. The van der Waals surface area contributed by atoms with E-state index in [1.54, 1.807) is 24.3 Å². The van der Waals surface area contributed by atoms with E-state index < -0.39 is 23.8 Å². The molecular weight excluding hydrogens is 298 g/mol. The van der Waals surface area contributed by atoms with Gasteiger partial charge in [-0.2, -0.15) is 0 Å². The van der Waals surface area contributed by atoms with Crippen LogP contribution in [0.2, 0.25) is 0 Å². The summed E-state index contributed by atoms with van der Waals surface area (Å²) in [6, 6.07) is 6.51. The number of hydrogen-bond acceptors (Lipinski definition) is 4.